The van der Waals surface area contributed by atoms with Gasteiger partial charge in [-0.15, -0.1) is 0 Å². The van der Waals surface area contributed by atoms with E-state index in [0.717, 1.165) is 18.6 Å². The number of aromatic nitrogens is 1. The molecule has 1 saturated heterocycles. The topological polar surface area (TPSA) is 75.8 Å². The number of aryl methyl sites for hydroxylation is 1. The summed E-state index contributed by atoms with van der Waals surface area (Å²) in [5, 5.41) is 14.0. The smallest absolute Gasteiger partial charge is 0.276 e. The molecule has 2 fully saturated rings. The molecule has 6 heteroatoms. The Hall–Kier alpha value is -2.34. The SMILES string of the molecule is Cc1onc(C(=O)N2C[C@H]3CC[C@@H](O)[C@H]3C2)c1COc1ccccc1. The van der Waals surface area contributed by atoms with Crippen LogP contribution in [-0.4, -0.2) is 40.3 Å². The molecule has 1 amide bonds. The first-order valence-electron chi connectivity index (χ1n) is 8.74. The second-order valence-corrected chi connectivity index (χ2v) is 6.95. The van der Waals surface area contributed by atoms with E-state index in [2.05, 4.69) is 5.16 Å². The standard InChI is InChI=1S/C19H22N2O4/c1-12-16(11-24-14-5-3-2-4-6-14)18(20-25-12)19(23)21-9-13-7-8-17(22)15(13)10-21/h2-6,13,15,17,22H,7-11H2,1H3/t13-,15+,17-/m1/s1. The third-order valence-corrected chi connectivity index (χ3v) is 5.42. The van der Waals surface area contributed by atoms with Crippen molar-refractivity contribution in [3.63, 3.8) is 0 Å². The normalized spacial score (nSPS) is 25.2. The van der Waals surface area contributed by atoms with Crippen molar-refractivity contribution in [1.82, 2.24) is 10.1 Å². The highest BCUT2D eigenvalue weighted by molar-refractivity contribution is 5.94. The molecule has 0 bridgehead atoms. The molecule has 2 aromatic rings. The summed E-state index contributed by atoms with van der Waals surface area (Å²) in [7, 11) is 0. The van der Waals surface area contributed by atoms with Crippen molar-refractivity contribution in [3.8, 4) is 5.75 Å². The quantitative estimate of drug-likeness (QED) is 0.923. The second-order valence-electron chi connectivity index (χ2n) is 6.95. The molecular formula is C19H22N2O4. The zero-order valence-corrected chi connectivity index (χ0v) is 14.2. The van der Waals surface area contributed by atoms with Crippen molar-refractivity contribution in [2.24, 2.45) is 11.8 Å². The maximum atomic E-state index is 12.9. The van der Waals surface area contributed by atoms with Crippen LogP contribution in [0.3, 0.4) is 0 Å². The lowest BCUT2D eigenvalue weighted by Crippen LogP contribution is -2.32. The maximum absolute atomic E-state index is 12.9. The first kappa shape index (κ1) is 16.1. The minimum absolute atomic E-state index is 0.134. The van der Waals surface area contributed by atoms with E-state index in [9.17, 15) is 9.90 Å². The second kappa shape index (κ2) is 6.52. The van der Waals surface area contributed by atoms with Crippen LogP contribution in [0.1, 0.15) is 34.7 Å². The number of benzene rings is 1. The summed E-state index contributed by atoms with van der Waals surface area (Å²) in [5.41, 5.74) is 1.01. The molecule has 3 atom stereocenters. The number of hydrogen-bond acceptors (Lipinski definition) is 5. The van der Waals surface area contributed by atoms with Gasteiger partial charge in [0.25, 0.3) is 5.91 Å². The van der Waals surface area contributed by atoms with Crippen molar-refractivity contribution >= 4 is 5.91 Å². The molecule has 6 nitrogen and oxygen atoms in total. The Bertz CT molecular complexity index is 758. The number of amides is 1. The molecule has 1 aliphatic heterocycles. The Morgan fingerprint density at radius 1 is 1.32 bits per heavy atom. The molecule has 132 valence electrons. The van der Waals surface area contributed by atoms with Crippen LogP contribution in [0.25, 0.3) is 0 Å². The van der Waals surface area contributed by atoms with E-state index in [1.165, 1.54) is 0 Å². The Balaban J connectivity index is 1.48. The van der Waals surface area contributed by atoms with E-state index in [1.54, 1.807) is 11.8 Å². The number of fused-ring (bicyclic) bond motifs is 1. The Morgan fingerprint density at radius 2 is 2.12 bits per heavy atom. The van der Waals surface area contributed by atoms with Gasteiger partial charge in [-0.05, 0) is 37.8 Å². The van der Waals surface area contributed by atoms with E-state index < -0.39 is 0 Å². The van der Waals surface area contributed by atoms with Gasteiger partial charge in [-0.25, -0.2) is 0 Å². The number of ether oxygens (including phenoxy) is 1. The summed E-state index contributed by atoms with van der Waals surface area (Å²) in [6.45, 7) is 3.31. The highest BCUT2D eigenvalue weighted by atomic mass is 16.5. The minimum Gasteiger partial charge on any atom is -0.489 e. The molecule has 2 heterocycles. The van der Waals surface area contributed by atoms with Gasteiger partial charge in [0.05, 0.1) is 11.7 Å². The van der Waals surface area contributed by atoms with Crippen LogP contribution < -0.4 is 4.74 Å². The molecule has 25 heavy (non-hydrogen) atoms. The molecule has 2 aliphatic rings. The van der Waals surface area contributed by atoms with Crippen LogP contribution in [0.5, 0.6) is 5.75 Å². The van der Waals surface area contributed by atoms with Crippen molar-refractivity contribution in [2.45, 2.75) is 32.5 Å². The monoisotopic (exact) mass is 342 g/mol. The average molecular weight is 342 g/mol. The van der Waals surface area contributed by atoms with E-state index in [1.807, 2.05) is 30.3 Å². The minimum atomic E-state index is -0.289. The van der Waals surface area contributed by atoms with Crippen molar-refractivity contribution < 1.29 is 19.2 Å². The molecule has 1 aromatic heterocycles. The number of carbonyl (C=O) groups excluding carboxylic acids is 1. The van der Waals surface area contributed by atoms with E-state index in [-0.39, 0.29) is 24.5 Å². The van der Waals surface area contributed by atoms with Gasteiger partial charge in [0, 0.05) is 19.0 Å². The third-order valence-electron chi connectivity index (χ3n) is 5.42. The molecule has 0 radical (unpaired) electrons. The fourth-order valence-corrected chi connectivity index (χ4v) is 3.95. The molecule has 4 rings (SSSR count). The van der Waals surface area contributed by atoms with Crippen LogP contribution >= 0.6 is 0 Å². The summed E-state index contributed by atoms with van der Waals surface area (Å²) in [5.74, 6) is 1.79. The molecule has 1 aromatic carbocycles. The van der Waals surface area contributed by atoms with E-state index >= 15 is 0 Å². The van der Waals surface area contributed by atoms with Crippen LogP contribution in [0, 0.1) is 18.8 Å². The van der Waals surface area contributed by atoms with Crippen LogP contribution in [0.2, 0.25) is 0 Å². The maximum Gasteiger partial charge on any atom is 0.276 e. The number of rotatable bonds is 4. The van der Waals surface area contributed by atoms with E-state index in [0.29, 0.717) is 36.0 Å². The molecule has 1 aliphatic carbocycles. The van der Waals surface area contributed by atoms with Gasteiger partial charge in [-0.1, -0.05) is 23.4 Å². The van der Waals surface area contributed by atoms with Gasteiger partial charge in [-0.3, -0.25) is 4.79 Å². The predicted octanol–water partition coefficient (Wildman–Crippen LogP) is 2.40. The first-order chi connectivity index (χ1) is 12.1. The number of likely N-dealkylation sites (tertiary alicyclic amines) is 1. The number of para-hydroxylation sites is 1. The lowest BCUT2D eigenvalue weighted by atomic mass is 10.00. The lowest BCUT2D eigenvalue weighted by Gasteiger charge is -2.17. The van der Waals surface area contributed by atoms with Gasteiger partial charge in [0.1, 0.15) is 18.1 Å². The van der Waals surface area contributed by atoms with Crippen LogP contribution in [0.4, 0.5) is 0 Å². The van der Waals surface area contributed by atoms with Gasteiger partial charge in [0.2, 0.25) is 0 Å². The van der Waals surface area contributed by atoms with Gasteiger partial charge in [-0.2, -0.15) is 0 Å². The number of carbonyl (C=O) groups is 1. The molecular weight excluding hydrogens is 320 g/mol. The van der Waals surface area contributed by atoms with Crippen molar-refractivity contribution in [1.29, 1.82) is 0 Å². The van der Waals surface area contributed by atoms with Crippen molar-refractivity contribution in [2.75, 3.05) is 13.1 Å². The zero-order valence-electron chi connectivity index (χ0n) is 14.2. The average Bonchev–Trinajstić information content (AvgIpc) is 3.30. The lowest BCUT2D eigenvalue weighted by molar-refractivity contribution is 0.0740. The number of nitrogens with zero attached hydrogens (tertiary/aromatic N) is 2. The van der Waals surface area contributed by atoms with Gasteiger partial charge in [0.15, 0.2) is 5.69 Å². The summed E-state index contributed by atoms with van der Waals surface area (Å²) < 4.78 is 11.0. The largest absolute Gasteiger partial charge is 0.489 e. The summed E-state index contributed by atoms with van der Waals surface area (Å²) in [4.78, 5) is 14.7. The predicted molar refractivity (Wildman–Crippen MR) is 90.1 cm³/mol. The fourth-order valence-electron chi connectivity index (χ4n) is 3.95. The third kappa shape index (κ3) is 3.02. The highest BCUT2D eigenvalue weighted by Crippen LogP contribution is 2.38. The zero-order chi connectivity index (χ0) is 17.4. The van der Waals surface area contributed by atoms with Crippen LogP contribution in [-0.2, 0) is 6.61 Å². The molecule has 0 spiro atoms. The highest BCUT2D eigenvalue weighted by Gasteiger charge is 2.44. The van der Waals surface area contributed by atoms with Crippen LogP contribution in [0.15, 0.2) is 34.9 Å². The summed E-state index contributed by atoms with van der Waals surface area (Å²) in [6, 6.07) is 9.46. The fraction of sp³-hybridized carbons (Fsp3) is 0.474. The number of hydrogen-bond donors (Lipinski definition) is 1. The van der Waals surface area contributed by atoms with E-state index in [4.69, 9.17) is 9.26 Å². The Kier molecular flexibility index (Phi) is 4.21. The molecule has 1 saturated carbocycles. The summed E-state index contributed by atoms with van der Waals surface area (Å²) in [6.07, 6.45) is 1.54. The first-order valence-corrected chi connectivity index (χ1v) is 8.74. The molecule has 1 N–H and O–H groups in total. The Morgan fingerprint density at radius 3 is 2.88 bits per heavy atom. The van der Waals surface area contributed by atoms with Gasteiger partial charge < -0.3 is 19.3 Å². The number of aliphatic hydroxyl groups is 1. The van der Waals surface area contributed by atoms with Gasteiger partial charge >= 0.3 is 0 Å². The summed E-state index contributed by atoms with van der Waals surface area (Å²) >= 11 is 0. The molecule has 0 unspecified atom stereocenters. The number of aliphatic hydroxyl groups excluding tert-OH is 1. The Labute approximate surface area is 146 Å². The van der Waals surface area contributed by atoms with Crippen molar-refractivity contribution in [3.05, 3.63) is 47.3 Å².